The molecule has 0 atom stereocenters. The lowest BCUT2D eigenvalue weighted by Gasteiger charge is -2.12. The summed E-state index contributed by atoms with van der Waals surface area (Å²) < 4.78 is 40.9. The second kappa shape index (κ2) is 6.08. The minimum Gasteiger partial charge on any atom is -0.389 e. The van der Waals surface area contributed by atoms with E-state index in [0.29, 0.717) is 0 Å². The lowest BCUT2D eigenvalue weighted by Crippen LogP contribution is -2.18. The maximum atomic E-state index is 13.2. The van der Waals surface area contributed by atoms with Crippen molar-refractivity contribution >= 4 is 48.8 Å². The van der Waals surface area contributed by atoms with Crippen LogP contribution >= 0.6 is 28.1 Å². The smallest absolute Gasteiger partial charge is 0.261 e. The summed E-state index contributed by atoms with van der Waals surface area (Å²) in [6, 6.07) is 9.58. The molecule has 0 aliphatic rings. The van der Waals surface area contributed by atoms with Crippen molar-refractivity contribution in [2.75, 3.05) is 4.72 Å². The summed E-state index contributed by atoms with van der Waals surface area (Å²) in [5.41, 5.74) is 5.75. The minimum absolute atomic E-state index is 0.0731. The highest BCUT2D eigenvalue weighted by atomic mass is 79.9. The van der Waals surface area contributed by atoms with Crippen LogP contribution in [0.4, 0.5) is 10.1 Å². The number of hydrogen-bond donors (Lipinski definition) is 2. The molecule has 0 fully saturated rings. The molecule has 0 saturated carbocycles. The summed E-state index contributed by atoms with van der Waals surface area (Å²) in [6.07, 6.45) is 0. The normalized spacial score (nSPS) is 11.1. The molecule has 0 radical (unpaired) electrons. The average molecular weight is 389 g/mol. The van der Waals surface area contributed by atoms with E-state index in [2.05, 4.69) is 20.7 Å². The predicted octanol–water partition coefficient (Wildman–Crippen LogP) is 3.02. The SMILES string of the molecule is NC(=S)c1cc(F)ccc1NS(=O)(=O)c1ccc(Br)cc1. The molecule has 4 nitrogen and oxygen atoms in total. The number of hydrogen-bond acceptors (Lipinski definition) is 3. The van der Waals surface area contributed by atoms with Crippen LogP contribution in [0, 0.1) is 5.82 Å². The molecule has 0 spiro atoms. The van der Waals surface area contributed by atoms with E-state index in [-0.39, 0.29) is 21.1 Å². The van der Waals surface area contributed by atoms with Crippen LogP contribution in [-0.2, 0) is 10.0 Å². The summed E-state index contributed by atoms with van der Waals surface area (Å²) in [5.74, 6) is -0.551. The topological polar surface area (TPSA) is 72.2 Å². The summed E-state index contributed by atoms with van der Waals surface area (Å²) in [7, 11) is -3.81. The van der Waals surface area contributed by atoms with Gasteiger partial charge >= 0.3 is 0 Å². The zero-order chi connectivity index (χ0) is 15.6. The molecule has 0 aliphatic heterocycles. The van der Waals surface area contributed by atoms with E-state index in [1.54, 1.807) is 12.1 Å². The van der Waals surface area contributed by atoms with Crippen molar-refractivity contribution < 1.29 is 12.8 Å². The molecule has 0 heterocycles. The Morgan fingerprint density at radius 2 is 1.81 bits per heavy atom. The Hall–Kier alpha value is -1.51. The van der Waals surface area contributed by atoms with Gasteiger partial charge in [-0.25, -0.2) is 12.8 Å². The van der Waals surface area contributed by atoms with E-state index in [1.807, 2.05) is 0 Å². The first-order chi connectivity index (χ1) is 9.79. The summed E-state index contributed by atoms with van der Waals surface area (Å²) in [5, 5.41) is 0. The lowest BCUT2D eigenvalue weighted by atomic mass is 10.2. The first kappa shape index (κ1) is 15.9. The first-order valence-electron chi connectivity index (χ1n) is 5.67. The Balaban J connectivity index is 2.41. The largest absolute Gasteiger partial charge is 0.389 e. The van der Waals surface area contributed by atoms with Gasteiger partial charge in [0.2, 0.25) is 0 Å². The van der Waals surface area contributed by atoms with Crippen molar-refractivity contribution in [2.45, 2.75) is 4.90 Å². The molecule has 2 aromatic rings. The third-order valence-electron chi connectivity index (χ3n) is 2.62. The van der Waals surface area contributed by atoms with Crippen molar-refractivity contribution in [1.82, 2.24) is 0 Å². The van der Waals surface area contributed by atoms with E-state index in [9.17, 15) is 12.8 Å². The van der Waals surface area contributed by atoms with E-state index in [4.69, 9.17) is 18.0 Å². The fourth-order valence-corrected chi connectivity index (χ4v) is 3.14. The van der Waals surface area contributed by atoms with Crippen molar-refractivity contribution in [2.24, 2.45) is 5.73 Å². The molecule has 2 aromatic carbocycles. The van der Waals surface area contributed by atoms with Crippen LogP contribution in [0.15, 0.2) is 51.8 Å². The van der Waals surface area contributed by atoms with Gasteiger partial charge in [0.05, 0.1) is 10.6 Å². The fourth-order valence-electron chi connectivity index (χ4n) is 1.63. The third kappa shape index (κ3) is 3.78. The molecule has 0 aliphatic carbocycles. The summed E-state index contributed by atoms with van der Waals surface area (Å²) >= 11 is 8.03. The highest BCUT2D eigenvalue weighted by Gasteiger charge is 2.17. The molecule has 0 aromatic heterocycles. The Morgan fingerprint density at radius 1 is 1.19 bits per heavy atom. The second-order valence-corrected chi connectivity index (χ2v) is 7.15. The molecule has 3 N–H and O–H groups in total. The Labute approximate surface area is 135 Å². The number of thiocarbonyl (C=S) groups is 1. The maximum absolute atomic E-state index is 13.2. The van der Waals surface area contributed by atoms with E-state index in [1.165, 1.54) is 18.2 Å². The van der Waals surface area contributed by atoms with Crippen LogP contribution in [0.3, 0.4) is 0 Å². The molecule has 0 unspecified atom stereocenters. The Morgan fingerprint density at radius 3 is 2.38 bits per heavy atom. The number of rotatable bonds is 4. The van der Waals surface area contributed by atoms with Crippen LogP contribution in [0.25, 0.3) is 0 Å². The summed E-state index contributed by atoms with van der Waals surface area (Å²) in [6.45, 7) is 0. The molecule has 0 bridgehead atoms. The van der Waals surface area contributed by atoms with Gasteiger partial charge in [0.1, 0.15) is 10.8 Å². The van der Waals surface area contributed by atoms with Gasteiger partial charge in [-0.05, 0) is 42.5 Å². The second-order valence-electron chi connectivity index (χ2n) is 4.11. The molecule has 21 heavy (non-hydrogen) atoms. The molecule has 0 saturated heterocycles. The predicted molar refractivity (Wildman–Crippen MR) is 87.2 cm³/mol. The van der Waals surface area contributed by atoms with Gasteiger partial charge < -0.3 is 5.73 Å². The standard InChI is InChI=1S/C13H10BrFN2O2S2/c14-8-1-4-10(5-2-8)21(18,19)17-12-6-3-9(15)7-11(12)13(16)20/h1-7,17H,(H2,16,20). The van der Waals surface area contributed by atoms with E-state index < -0.39 is 15.8 Å². The molecule has 8 heteroatoms. The number of nitrogens with one attached hydrogen (secondary N) is 1. The van der Waals surface area contributed by atoms with E-state index in [0.717, 1.165) is 16.6 Å². The number of anilines is 1. The van der Waals surface area contributed by atoms with Crippen LogP contribution in [0.2, 0.25) is 0 Å². The average Bonchev–Trinajstić information content (AvgIpc) is 2.41. The van der Waals surface area contributed by atoms with Crippen molar-refractivity contribution in [3.05, 3.63) is 58.3 Å². The molecule has 0 amide bonds. The first-order valence-corrected chi connectivity index (χ1v) is 8.36. The molecule has 2 rings (SSSR count). The van der Waals surface area contributed by atoms with Gasteiger partial charge in [-0.2, -0.15) is 0 Å². The quantitative estimate of drug-likeness (QED) is 0.789. The molecule has 110 valence electrons. The Kier molecular flexibility index (Phi) is 4.60. The van der Waals surface area contributed by atoms with Crippen LogP contribution in [-0.4, -0.2) is 13.4 Å². The van der Waals surface area contributed by atoms with Gasteiger partial charge in [0.15, 0.2) is 0 Å². The lowest BCUT2D eigenvalue weighted by molar-refractivity contribution is 0.601. The molecular formula is C13H10BrFN2O2S2. The van der Waals surface area contributed by atoms with Gasteiger partial charge in [-0.15, -0.1) is 0 Å². The van der Waals surface area contributed by atoms with Crippen LogP contribution < -0.4 is 10.5 Å². The number of nitrogens with two attached hydrogens (primary N) is 1. The fraction of sp³-hybridized carbons (Fsp3) is 0. The third-order valence-corrected chi connectivity index (χ3v) is 4.75. The van der Waals surface area contributed by atoms with Gasteiger partial charge in [0, 0.05) is 10.0 Å². The summed E-state index contributed by atoms with van der Waals surface area (Å²) in [4.78, 5) is -0.0214. The Bertz CT molecular complexity index is 792. The van der Waals surface area contributed by atoms with Crippen molar-refractivity contribution in [1.29, 1.82) is 0 Å². The number of sulfonamides is 1. The van der Waals surface area contributed by atoms with E-state index >= 15 is 0 Å². The monoisotopic (exact) mass is 388 g/mol. The van der Waals surface area contributed by atoms with Crippen molar-refractivity contribution in [3.63, 3.8) is 0 Å². The van der Waals surface area contributed by atoms with Crippen LogP contribution in [0.1, 0.15) is 5.56 Å². The zero-order valence-corrected chi connectivity index (χ0v) is 13.7. The minimum atomic E-state index is -3.81. The zero-order valence-electron chi connectivity index (χ0n) is 10.5. The maximum Gasteiger partial charge on any atom is 0.261 e. The number of benzene rings is 2. The van der Waals surface area contributed by atoms with Crippen LogP contribution in [0.5, 0.6) is 0 Å². The molecular weight excluding hydrogens is 379 g/mol. The highest BCUT2D eigenvalue weighted by molar-refractivity contribution is 9.10. The highest BCUT2D eigenvalue weighted by Crippen LogP contribution is 2.22. The van der Waals surface area contributed by atoms with Crippen molar-refractivity contribution in [3.8, 4) is 0 Å². The van der Waals surface area contributed by atoms with Gasteiger partial charge in [0.25, 0.3) is 10.0 Å². The number of halogens is 2. The van der Waals surface area contributed by atoms with Gasteiger partial charge in [-0.1, -0.05) is 28.1 Å². The van der Waals surface area contributed by atoms with Gasteiger partial charge in [-0.3, -0.25) is 4.72 Å².